The van der Waals surface area contributed by atoms with E-state index >= 15 is 0 Å². The number of nitrogens with one attached hydrogen (secondary N) is 1. The van der Waals surface area contributed by atoms with Crippen LogP contribution in [0.4, 0.5) is 5.95 Å². The van der Waals surface area contributed by atoms with Crippen LogP contribution in [0.3, 0.4) is 0 Å². The first kappa shape index (κ1) is 12.1. The Morgan fingerprint density at radius 2 is 2.13 bits per heavy atom. The Hall–Kier alpha value is -0.990. The summed E-state index contributed by atoms with van der Waals surface area (Å²) in [4.78, 5) is 4.33. The fourth-order valence-corrected chi connectivity index (χ4v) is 1.41. The summed E-state index contributed by atoms with van der Waals surface area (Å²) in [6, 6.07) is 0.427. The highest BCUT2D eigenvalue weighted by molar-refractivity contribution is 5.26. The lowest BCUT2D eigenvalue weighted by Gasteiger charge is -2.24. The third-order valence-corrected chi connectivity index (χ3v) is 2.69. The van der Waals surface area contributed by atoms with Gasteiger partial charge in [0.25, 0.3) is 0 Å². The minimum atomic E-state index is 0.327. The van der Waals surface area contributed by atoms with Gasteiger partial charge in [-0.05, 0) is 25.7 Å². The monoisotopic (exact) mass is 209 g/mol. The van der Waals surface area contributed by atoms with Gasteiger partial charge in [0, 0.05) is 25.0 Å². The van der Waals surface area contributed by atoms with Crippen molar-refractivity contribution >= 4 is 5.95 Å². The van der Waals surface area contributed by atoms with E-state index in [1.807, 2.05) is 12.4 Å². The Balaban J connectivity index is 2.73. The van der Waals surface area contributed by atoms with Crippen LogP contribution in [0.2, 0.25) is 0 Å². The number of anilines is 1. The van der Waals surface area contributed by atoms with E-state index in [1.54, 1.807) is 0 Å². The molecule has 0 saturated carbocycles. The number of hydrogen-bond donors (Lipinski definition) is 1. The summed E-state index contributed by atoms with van der Waals surface area (Å²) in [5.41, 5.74) is 0.327. The van der Waals surface area contributed by atoms with Gasteiger partial charge in [-0.3, -0.25) is 0 Å². The van der Waals surface area contributed by atoms with Crippen LogP contribution in [-0.4, -0.2) is 15.6 Å². The second-order valence-corrected chi connectivity index (χ2v) is 5.20. The second-order valence-electron chi connectivity index (χ2n) is 5.20. The van der Waals surface area contributed by atoms with Crippen LogP contribution >= 0.6 is 0 Å². The quantitative estimate of drug-likeness (QED) is 0.807. The van der Waals surface area contributed by atoms with Crippen molar-refractivity contribution in [3.63, 3.8) is 0 Å². The normalized spacial score (nSPS) is 12.1. The summed E-state index contributed by atoms with van der Waals surface area (Å²) >= 11 is 0. The van der Waals surface area contributed by atoms with E-state index in [9.17, 15) is 0 Å². The molecular weight excluding hydrogens is 186 g/mol. The molecule has 1 aromatic rings. The van der Waals surface area contributed by atoms with E-state index in [1.165, 1.54) is 6.42 Å². The van der Waals surface area contributed by atoms with Crippen LogP contribution in [-0.2, 0) is 6.54 Å². The topological polar surface area (TPSA) is 29.9 Å². The molecule has 0 fully saturated rings. The van der Waals surface area contributed by atoms with E-state index in [2.05, 4.69) is 49.5 Å². The maximum absolute atomic E-state index is 4.33. The van der Waals surface area contributed by atoms with Gasteiger partial charge in [-0.2, -0.15) is 0 Å². The van der Waals surface area contributed by atoms with E-state index in [0.29, 0.717) is 11.5 Å². The van der Waals surface area contributed by atoms with E-state index < -0.39 is 0 Å². The van der Waals surface area contributed by atoms with Crippen molar-refractivity contribution in [2.45, 2.75) is 53.6 Å². The van der Waals surface area contributed by atoms with Gasteiger partial charge in [-0.1, -0.05) is 20.8 Å². The first-order valence-electron chi connectivity index (χ1n) is 5.72. The van der Waals surface area contributed by atoms with Crippen molar-refractivity contribution in [1.29, 1.82) is 0 Å². The van der Waals surface area contributed by atoms with Gasteiger partial charge in [-0.25, -0.2) is 4.98 Å². The molecule has 1 aromatic heterocycles. The molecule has 0 radical (unpaired) electrons. The average Bonchev–Trinajstić information content (AvgIpc) is 2.51. The lowest BCUT2D eigenvalue weighted by molar-refractivity contribution is 0.296. The minimum Gasteiger partial charge on any atom is -0.353 e. The van der Waals surface area contributed by atoms with Crippen molar-refractivity contribution in [2.75, 3.05) is 5.32 Å². The van der Waals surface area contributed by atoms with Gasteiger partial charge in [0.15, 0.2) is 0 Å². The minimum absolute atomic E-state index is 0.327. The molecule has 0 atom stereocenters. The van der Waals surface area contributed by atoms with Gasteiger partial charge in [0.1, 0.15) is 0 Å². The molecule has 86 valence electrons. The molecule has 0 bridgehead atoms. The molecule has 0 amide bonds. The summed E-state index contributed by atoms with van der Waals surface area (Å²) in [7, 11) is 0. The number of hydrogen-bond acceptors (Lipinski definition) is 2. The molecule has 0 spiro atoms. The number of imidazole rings is 1. The largest absolute Gasteiger partial charge is 0.353 e. The number of aromatic nitrogens is 2. The Morgan fingerprint density at radius 1 is 1.47 bits per heavy atom. The first-order chi connectivity index (χ1) is 6.94. The Bertz CT molecular complexity index is 300. The van der Waals surface area contributed by atoms with Crippen molar-refractivity contribution in [3.8, 4) is 0 Å². The fourth-order valence-electron chi connectivity index (χ4n) is 1.41. The molecular formula is C12H23N3. The van der Waals surface area contributed by atoms with Crippen molar-refractivity contribution < 1.29 is 0 Å². The number of nitrogens with zero attached hydrogens (tertiary/aromatic N) is 2. The Kier molecular flexibility index (Phi) is 3.77. The Morgan fingerprint density at radius 3 is 2.67 bits per heavy atom. The molecule has 0 unspecified atom stereocenters. The summed E-state index contributed by atoms with van der Waals surface area (Å²) in [5.74, 6) is 0.978. The zero-order chi connectivity index (χ0) is 11.5. The SMILES string of the molecule is CCC(C)(C)Cn1ccnc1NC(C)C. The molecule has 0 aliphatic rings. The lowest BCUT2D eigenvalue weighted by atomic mass is 9.90. The lowest BCUT2D eigenvalue weighted by Crippen LogP contribution is -2.21. The Labute approximate surface area is 92.9 Å². The van der Waals surface area contributed by atoms with Crippen LogP contribution in [0.15, 0.2) is 12.4 Å². The maximum Gasteiger partial charge on any atom is 0.202 e. The zero-order valence-corrected chi connectivity index (χ0v) is 10.5. The molecule has 3 nitrogen and oxygen atoms in total. The predicted molar refractivity (Wildman–Crippen MR) is 65.1 cm³/mol. The standard InChI is InChI=1S/C12H23N3/c1-6-12(4,5)9-15-8-7-13-11(15)14-10(2)3/h7-8,10H,6,9H2,1-5H3,(H,13,14). The third-order valence-electron chi connectivity index (χ3n) is 2.69. The van der Waals surface area contributed by atoms with Gasteiger partial charge in [0.2, 0.25) is 5.95 Å². The molecule has 0 saturated heterocycles. The third kappa shape index (κ3) is 3.57. The summed E-state index contributed by atoms with van der Waals surface area (Å²) in [6.45, 7) is 12.1. The molecule has 1 N–H and O–H groups in total. The number of rotatable bonds is 5. The molecule has 0 aliphatic carbocycles. The first-order valence-corrected chi connectivity index (χ1v) is 5.72. The van der Waals surface area contributed by atoms with Gasteiger partial charge in [0.05, 0.1) is 0 Å². The van der Waals surface area contributed by atoms with E-state index in [0.717, 1.165) is 12.5 Å². The highest BCUT2D eigenvalue weighted by atomic mass is 15.2. The molecule has 0 aliphatic heterocycles. The van der Waals surface area contributed by atoms with Crippen molar-refractivity contribution in [2.24, 2.45) is 5.41 Å². The van der Waals surface area contributed by atoms with Crippen LogP contribution in [0.1, 0.15) is 41.0 Å². The maximum atomic E-state index is 4.33. The molecule has 0 aromatic carbocycles. The second kappa shape index (κ2) is 4.69. The molecule has 3 heteroatoms. The summed E-state index contributed by atoms with van der Waals surface area (Å²) in [6.07, 6.45) is 5.07. The van der Waals surface area contributed by atoms with Gasteiger partial charge in [-0.15, -0.1) is 0 Å². The molecule has 1 heterocycles. The van der Waals surface area contributed by atoms with E-state index in [4.69, 9.17) is 0 Å². The highest BCUT2D eigenvalue weighted by Crippen LogP contribution is 2.23. The van der Waals surface area contributed by atoms with Crippen LogP contribution in [0.25, 0.3) is 0 Å². The molecule has 15 heavy (non-hydrogen) atoms. The molecule has 1 rings (SSSR count). The van der Waals surface area contributed by atoms with Gasteiger partial charge < -0.3 is 9.88 Å². The van der Waals surface area contributed by atoms with Crippen LogP contribution < -0.4 is 5.32 Å². The van der Waals surface area contributed by atoms with E-state index in [-0.39, 0.29) is 0 Å². The van der Waals surface area contributed by atoms with Crippen LogP contribution in [0, 0.1) is 5.41 Å². The van der Waals surface area contributed by atoms with Crippen LogP contribution in [0.5, 0.6) is 0 Å². The van der Waals surface area contributed by atoms with Crippen molar-refractivity contribution in [3.05, 3.63) is 12.4 Å². The zero-order valence-electron chi connectivity index (χ0n) is 10.5. The van der Waals surface area contributed by atoms with Crippen molar-refractivity contribution in [1.82, 2.24) is 9.55 Å². The smallest absolute Gasteiger partial charge is 0.202 e. The average molecular weight is 209 g/mol. The summed E-state index contributed by atoms with van der Waals surface area (Å²) < 4.78 is 2.20. The van der Waals surface area contributed by atoms with Gasteiger partial charge >= 0.3 is 0 Å². The fraction of sp³-hybridized carbons (Fsp3) is 0.750. The summed E-state index contributed by atoms with van der Waals surface area (Å²) in [5, 5.41) is 3.35. The highest BCUT2D eigenvalue weighted by Gasteiger charge is 2.17. The predicted octanol–water partition coefficient (Wildman–Crippen LogP) is 3.14.